The minimum Gasteiger partial charge on any atom is -0.545 e. The molecule has 3 heteroatoms. The molecule has 2 aromatic rings. The van der Waals surface area contributed by atoms with E-state index in [2.05, 4.69) is 0 Å². The van der Waals surface area contributed by atoms with E-state index < -0.39 is 5.97 Å². The number of carbonyl (C=O) groups is 1. The summed E-state index contributed by atoms with van der Waals surface area (Å²) in [5.41, 5.74) is 1.01. The third-order valence-electron chi connectivity index (χ3n) is 1.98. The zero-order chi connectivity index (χ0) is 9.97. The van der Waals surface area contributed by atoms with Gasteiger partial charge in [-0.1, -0.05) is 12.1 Å². The van der Waals surface area contributed by atoms with E-state index >= 15 is 0 Å². The fourth-order valence-corrected chi connectivity index (χ4v) is 1.30. The summed E-state index contributed by atoms with van der Waals surface area (Å²) in [4.78, 5) is 10.6. The maximum absolute atomic E-state index is 10.6. The SMILES string of the molecule is O=C([O-])c1cccc(-n2cccc2)c1. The van der Waals surface area contributed by atoms with Crippen LogP contribution in [0.4, 0.5) is 0 Å². The Bertz CT molecular complexity index is 446. The van der Waals surface area contributed by atoms with E-state index in [-0.39, 0.29) is 5.56 Å². The van der Waals surface area contributed by atoms with Crippen LogP contribution >= 0.6 is 0 Å². The predicted molar refractivity (Wildman–Crippen MR) is 50.1 cm³/mol. The van der Waals surface area contributed by atoms with Crippen molar-refractivity contribution in [1.82, 2.24) is 4.57 Å². The van der Waals surface area contributed by atoms with Gasteiger partial charge >= 0.3 is 0 Å². The molecular weight excluding hydrogens is 178 g/mol. The van der Waals surface area contributed by atoms with E-state index in [9.17, 15) is 9.90 Å². The number of nitrogens with zero attached hydrogens (tertiary/aromatic N) is 1. The number of aromatic carboxylic acids is 1. The fourth-order valence-electron chi connectivity index (χ4n) is 1.30. The molecule has 1 aromatic heterocycles. The Labute approximate surface area is 81.2 Å². The standard InChI is InChI=1S/C11H9NO2/c13-11(14)9-4-3-5-10(8-9)12-6-1-2-7-12/h1-8H,(H,13,14)/p-1. The van der Waals surface area contributed by atoms with Gasteiger partial charge in [0.25, 0.3) is 0 Å². The molecule has 0 fully saturated rings. The van der Waals surface area contributed by atoms with Crippen LogP contribution in [0.15, 0.2) is 48.8 Å². The van der Waals surface area contributed by atoms with E-state index in [4.69, 9.17) is 0 Å². The molecule has 2 rings (SSSR count). The van der Waals surface area contributed by atoms with Gasteiger partial charge in [0, 0.05) is 18.1 Å². The first kappa shape index (κ1) is 8.56. The fraction of sp³-hybridized carbons (Fsp3) is 0. The van der Waals surface area contributed by atoms with E-state index in [0.717, 1.165) is 5.69 Å². The van der Waals surface area contributed by atoms with E-state index in [1.54, 1.807) is 12.1 Å². The van der Waals surface area contributed by atoms with Gasteiger partial charge in [0.1, 0.15) is 0 Å². The van der Waals surface area contributed by atoms with Gasteiger partial charge in [-0.2, -0.15) is 0 Å². The molecule has 14 heavy (non-hydrogen) atoms. The molecule has 0 spiro atoms. The highest BCUT2D eigenvalue weighted by Crippen LogP contribution is 2.10. The van der Waals surface area contributed by atoms with Crippen LogP contribution in [0.5, 0.6) is 0 Å². The number of rotatable bonds is 2. The van der Waals surface area contributed by atoms with Gasteiger partial charge in [-0.05, 0) is 29.8 Å². The lowest BCUT2D eigenvalue weighted by Crippen LogP contribution is -2.22. The van der Waals surface area contributed by atoms with Crippen LogP contribution in [0, 0.1) is 0 Å². The molecule has 0 radical (unpaired) electrons. The van der Waals surface area contributed by atoms with Crippen molar-refractivity contribution in [3.63, 3.8) is 0 Å². The van der Waals surface area contributed by atoms with Gasteiger partial charge in [0.2, 0.25) is 0 Å². The van der Waals surface area contributed by atoms with Crippen molar-refractivity contribution in [2.45, 2.75) is 0 Å². The lowest BCUT2D eigenvalue weighted by molar-refractivity contribution is -0.255. The summed E-state index contributed by atoms with van der Waals surface area (Å²) in [7, 11) is 0. The third kappa shape index (κ3) is 1.52. The zero-order valence-electron chi connectivity index (χ0n) is 7.38. The summed E-state index contributed by atoms with van der Waals surface area (Å²) in [6.45, 7) is 0. The summed E-state index contributed by atoms with van der Waals surface area (Å²) < 4.78 is 1.84. The molecule has 70 valence electrons. The number of carbonyl (C=O) groups excluding carboxylic acids is 1. The predicted octanol–water partition coefficient (Wildman–Crippen LogP) is 0.841. The van der Waals surface area contributed by atoms with Crippen LogP contribution < -0.4 is 5.11 Å². The second kappa shape index (κ2) is 3.38. The highest BCUT2D eigenvalue weighted by atomic mass is 16.4. The number of aromatic nitrogens is 1. The Morgan fingerprint density at radius 2 is 1.86 bits per heavy atom. The zero-order valence-corrected chi connectivity index (χ0v) is 7.38. The normalized spacial score (nSPS) is 10.0. The molecule has 1 aromatic carbocycles. The molecule has 0 saturated carbocycles. The summed E-state index contributed by atoms with van der Waals surface area (Å²) in [5.74, 6) is -1.15. The van der Waals surface area contributed by atoms with E-state index in [0.29, 0.717) is 0 Å². The van der Waals surface area contributed by atoms with Crippen LogP contribution in [-0.2, 0) is 0 Å². The highest BCUT2D eigenvalue weighted by molar-refractivity contribution is 5.86. The van der Waals surface area contributed by atoms with Crippen molar-refractivity contribution in [1.29, 1.82) is 0 Å². The monoisotopic (exact) mass is 186 g/mol. The summed E-state index contributed by atoms with van der Waals surface area (Å²) in [6, 6.07) is 10.4. The molecule has 0 amide bonds. The number of benzene rings is 1. The maximum atomic E-state index is 10.6. The Morgan fingerprint density at radius 3 is 2.50 bits per heavy atom. The first-order valence-electron chi connectivity index (χ1n) is 4.22. The molecule has 0 N–H and O–H groups in total. The summed E-state index contributed by atoms with van der Waals surface area (Å²) in [5, 5.41) is 10.6. The van der Waals surface area contributed by atoms with Crippen molar-refractivity contribution < 1.29 is 9.90 Å². The number of hydrogen-bond donors (Lipinski definition) is 0. The molecule has 0 unspecified atom stereocenters. The minimum atomic E-state index is -1.15. The molecule has 0 aliphatic rings. The van der Waals surface area contributed by atoms with Crippen LogP contribution in [0.2, 0.25) is 0 Å². The Balaban J connectivity index is 2.46. The highest BCUT2D eigenvalue weighted by Gasteiger charge is 1.97. The smallest absolute Gasteiger partial charge is 0.0716 e. The Morgan fingerprint density at radius 1 is 1.14 bits per heavy atom. The Hall–Kier alpha value is -2.03. The molecule has 0 saturated heterocycles. The number of carboxylic acid groups (broad SMARTS) is 1. The quantitative estimate of drug-likeness (QED) is 0.697. The first-order chi connectivity index (χ1) is 6.77. The molecular formula is C11H8NO2-. The lowest BCUT2D eigenvalue weighted by atomic mass is 10.2. The second-order valence-electron chi connectivity index (χ2n) is 2.93. The van der Waals surface area contributed by atoms with Crippen LogP contribution in [0.1, 0.15) is 10.4 Å². The lowest BCUT2D eigenvalue weighted by Gasteiger charge is -2.06. The second-order valence-corrected chi connectivity index (χ2v) is 2.93. The number of carboxylic acids is 1. The molecule has 1 heterocycles. The van der Waals surface area contributed by atoms with Gasteiger partial charge in [0.05, 0.1) is 5.97 Å². The number of hydrogen-bond acceptors (Lipinski definition) is 2. The van der Waals surface area contributed by atoms with E-state index in [1.165, 1.54) is 6.07 Å². The van der Waals surface area contributed by atoms with Gasteiger partial charge < -0.3 is 14.5 Å². The largest absolute Gasteiger partial charge is 0.545 e. The molecule has 0 aliphatic heterocycles. The molecule has 0 atom stereocenters. The van der Waals surface area contributed by atoms with Gasteiger partial charge in [-0.25, -0.2) is 0 Å². The van der Waals surface area contributed by atoms with Crippen molar-refractivity contribution in [2.75, 3.05) is 0 Å². The van der Waals surface area contributed by atoms with Gasteiger partial charge in [0.15, 0.2) is 0 Å². The average Bonchev–Trinajstić information content (AvgIpc) is 2.71. The van der Waals surface area contributed by atoms with Gasteiger partial charge in [-0.3, -0.25) is 0 Å². The van der Waals surface area contributed by atoms with Crippen LogP contribution in [-0.4, -0.2) is 10.5 Å². The van der Waals surface area contributed by atoms with Crippen molar-refractivity contribution in [3.05, 3.63) is 54.4 Å². The minimum absolute atomic E-state index is 0.191. The van der Waals surface area contributed by atoms with Crippen molar-refractivity contribution in [3.8, 4) is 5.69 Å². The topological polar surface area (TPSA) is 45.1 Å². The van der Waals surface area contributed by atoms with Gasteiger partial charge in [-0.15, -0.1) is 0 Å². The first-order valence-corrected chi connectivity index (χ1v) is 4.22. The van der Waals surface area contributed by atoms with Crippen LogP contribution in [0.25, 0.3) is 5.69 Å². The van der Waals surface area contributed by atoms with E-state index in [1.807, 2.05) is 35.2 Å². The average molecular weight is 186 g/mol. The molecule has 0 aliphatic carbocycles. The van der Waals surface area contributed by atoms with Crippen LogP contribution in [0.3, 0.4) is 0 Å². The molecule has 3 nitrogen and oxygen atoms in total. The van der Waals surface area contributed by atoms with Crippen molar-refractivity contribution >= 4 is 5.97 Å². The third-order valence-corrected chi connectivity index (χ3v) is 1.98. The maximum Gasteiger partial charge on any atom is 0.0716 e. The summed E-state index contributed by atoms with van der Waals surface area (Å²) in [6.07, 6.45) is 3.71. The molecule has 0 bridgehead atoms. The Kier molecular flexibility index (Phi) is 2.07. The van der Waals surface area contributed by atoms with Crippen molar-refractivity contribution in [2.24, 2.45) is 0 Å². The summed E-state index contributed by atoms with van der Waals surface area (Å²) >= 11 is 0.